The average Bonchev–Trinajstić information content (AvgIpc) is 2.77. The number of fused-ring (bicyclic) bond motifs is 4. The number of nitrogens with zero attached hydrogens (tertiary/aromatic N) is 3. The van der Waals surface area contributed by atoms with Crippen molar-refractivity contribution in [3.8, 4) is 0 Å². The lowest BCUT2D eigenvalue weighted by Crippen LogP contribution is -2.66. The predicted octanol–water partition coefficient (Wildman–Crippen LogP) is 1.85. The van der Waals surface area contributed by atoms with Gasteiger partial charge in [-0.3, -0.25) is 14.4 Å². The van der Waals surface area contributed by atoms with Crippen LogP contribution in [0.5, 0.6) is 0 Å². The van der Waals surface area contributed by atoms with Gasteiger partial charge >= 0.3 is 0 Å². The summed E-state index contributed by atoms with van der Waals surface area (Å²) in [5.74, 6) is 0.407. The van der Waals surface area contributed by atoms with Crippen LogP contribution in [0.2, 0.25) is 0 Å². The highest BCUT2D eigenvalue weighted by atomic mass is 16.2. The highest BCUT2D eigenvalue weighted by Crippen LogP contribution is 2.42. The lowest BCUT2D eigenvalue weighted by atomic mass is 9.70. The van der Waals surface area contributed by atoms with Crippen molar-refractivity contribution in [2.24, 2.45) is 11.8 Å². The molecule has 2 amide bonds. The number of aromatic nitrogens is 2. The molecule has 3 aliphatic rings. The molecule has 0 aliphatic carbocycles. The van der Waals surface area contributed by atoms with E-state index in [2.05, 4.69) is 27.0 Å². The van der Waals surface area contributed by atoms with E-state index in [4.69, 9.17) is 0 Å². The summed E-state index contributed by atoms with van der Waals surface area (Å²) in [6, 6.07) is 10.5. The number of benzene rings is 1. The third-order valence-corrected chi connectivity index (χ3v) is 6.98. The Balaban J connectivity index is 1.46. The van der Waals surface area contributed by atoms with Gasteiger partial charge in [-0.15, -0.1) is 0 Å². The van der Waals surface area contributed by atoms with Crippen molar-refractivity contribution in [2.45, 2.75) is 44.2 Å². The van der Waals surface area contributed by atoms with Gasteiger partial charge in [-0.25, -0.2) is 4.98 Å². The highest BCUT2D eigenvalue weighted by molar-refractivity contribution is 5.92. The third kappa shape index (κ3) is 3.32. The van der Waals surface area contributed by atoms with Crippen LogP contribution in [0.15, 0.2) is 47.5 Å². The number of likely N-dealkylation sites (tertiary alicyclic amines) is 1. The van der Waals surface area contributed by atoms with Gasteiger partial charge in [-0.1, -0.05) is 30.3 Å². The van der Waals surface area contributed by atoms with Crippen molar-refractivity contribution in [3.05, 3.63) is 64.3 Å². The smallest absolute Gasteiger partial charge is 0.279 e. The SMILES string of the molecule is O=C(c1ncc[nH]c1=O)N1C[C@H]2C[C@@H](C1)[C@H](Cc1ccccc1)N1C(=O)CCC[C@@H]21. The second-order valence-corrected chi connectivity index (χ2v) is 8.75. The Morgan fingerprint density at radius 2 is 1.93 bits per heavy atom. The van der Waals surface area contributed by atoms with Crippen LogP contribution in [0.3, 0.4) is 0 Å². The largest absolute Gasteiger partial charge is 0.336 e. The van der Waals surface area contributed by atoms with E-state index in [-0.39, 0.29) is 41.4 Å². The van der Waals surface area contributed by atoms with Gasteiger partial charge in [-0.2, -0.15) is 0 Å². The molecule has 1 N–H and O–H groups in total. The second kappa shape index (κ2) is 7.70. The Kier molecular flexibility index (Phi) is 4.89. The van der Waals surface area contributed by atoms with Gasteiger partial charge in [0, 0.05) is 44.0 Å². The fourth-order valence-corrected chi connectivity index (χ4v) is 5.71. The Hall–Kier alpha value is -2.96. The molecule has 0 saturated carbocycles. The first-order chi connectivity index (χ1) is 14.6. The zero-order chi connectivity index (χ0) is 20.7. The molecule has 30 heavy (non-hydrogen) atoms. The van der Waals surface area contributed by atoms with E-state index in [1.54, 1.807) is 4.90 Å². The second-order valence-electron chi connectivity index (χ2n) is 8.75. The summed E-state index contributed by atoms with van der Waals surface area (Å²) < 4.78 is 0. The molecule has 3 fully saturated rings. The van der Waals surface area contributed by atoms with Gasteiger partial charge in [-0.05, 0) is 43.1 Å². The lowest BCUT2D eigenvalue weighted by Gasteiger charge is -2.56. The summed E-state index contributed by atoms with van der Waals surface area (Å²) >= 11 is 0. The van der Waals surface area contributed by atoms with E-state index < -0.39 is 5.56 Å². The fraction of sp³-hybridized carbons (Fsp3) is 0.478. The van der Waals surface area contributed by atoms with Crippen LogP contribution < -0.4 is 5.56 Å². The van der Waals surface area contributed by atoms with E-state index in [1.807, 2.05) is 18.2 Å². The highest BCUT2D eigenvalue weighted by Gasteiger charge is 2.50. The van der Waals surface area contributed by atoms with Crippen LogP contribution in [0.4, 0.5) is 0 Å². The summed E-state index contributed by atoms with van der Waals surface area (Å²) in [6.07, 6.45) is 7.21. The maximum Gasteiger partial charge on any atom is 0.279 e. The Morgan fingerprint density at radius 1 is 1.13 bits per heavy atom. The molecule has 5 rings (SSSR count). The molecule has 2 aromatic rings. The molecule has 4 atom stereocenters. The minimum absolute atomic E-state index is 0.0475. The molecule has 7 nitrogen and oxygen atoms in total. The summed E-state index contributed by atoms with van der Waals surface area (Å²) in [5.41, 5.74) is 0.713. The molecule has 0 spiro atoms. The van der Waals surface area contributed by atoms with E-state index in [1.165, 1.54) is 18.0 Å². The molecule has 0 radical (unpaired) electrons. The van der Waals surface area contributed by atoms with Crippen LogP contribution in [-0.4, -0.2) is 56.8 Å². The van der Waals surface area contributed by atoms with Gasteiger partial charge in [0.15, 0.2) is 5.69 Å². The van der Waals surface area contributed by atoms with Gasteiger partial charge in [0.2, 0.25) is 5.91 Å². The molecule has 3 aliphatic heterocycles. The third-order valence-electron chi connectivity index (χ3n) is 6.98. The summed E-state index contributed by atoms with van der Waals surface area (Å²) in [6.45, 7) is 1.14. The number of nitrogens with one attached hydrogen (secondary N) is 1. The Bertz CT molecular complexity index is 1000. The first-order valence-corrected chi connectivity index (χ1v) is 10.8. The monoisotopic (exact) mass is 406 g/mol. The minimum atomic E-state index is -0.450. The maximum absolute atomic E-state index is 13.1. The van der Waals surface area contributed by atoms with Crippen molar-refractivity contribution in [1.82, 2.24) is 19.8 Å². The van der Waals surface area contributed by atoms with Crippen molar-refractivity contribution in [1.29, 1.82) is 0 Å². The quantitative estimate of drug-likeness (QED) is 0.843. The molecular weight excluding hydrogens is 380 g/mol. The average molecular weight is 406 g/mol. The van der Waals surface area contributed by atoms with Gasteiger partial charge in [0.05, 0.1) is 0 Å². The standard InChI is InChI=1S/C23H26N4O3/c28-20-8-4-7-18-16-12-17(19(27(18)20)11-15-5-2-1-3-6-15)14-26(13-16)23(30)21-22(29)25-10-9-24-21/h1-3,5-6,9-10,16-19H,4,7-8,11-14H2,(H,25,29)/t16-,17+,18+,19+/m1/s1. The Labute approximate surface area is 175 Å². The topological polar surface area (TPSA) is 86.4 Å². The maximum atomic E-state index is 13.1. The van der Waals surface area contributed by atoms with Crippen molar-refractivity contribution >= 4 is 11.8 Å². The van der Waals surface area contributed by atoms with E-state index in [0.29, 0.717) is 19.5 Å². The van der Waals surface area contributed by atoms with Crippen LogP contribution in [-0.2, 0) is 11.2 Å². The number of hydrogen-bond acceptors (Lipinski definition) is 4. The van der Waals surface area contributed by atoms with Crippen molar-refractivity contribution in [2.75, 3.05) is 13.1 Å². The number of rotatable bonds is 3. The molecule has 1 aromatic carbocycles. The number of piperidine rings is 3. The summed E-state index contributed by atoms with van der Waals surface area (Å²) in [5, 5.41) is 0. The normalized spacial score (nSPS) is 28.2. The van der Waals surface area contributed by atoms with E-state index >= 15 is 0 Å². The molecular formula is C23H26N4O3. The first-order valence-electron chi connectivity index (χ1n) is 10.8. The lowest BCUT2D eigenvalue weighted by molar-refractivity contribution is -0.151. The molecule has 4 heterocycles. The van der Waals surface area contributed by atoms with Gasteiger partial charge in [0.25, 0.3) is 11.5 Å². The Morgan fingerprint density at radius 3 is 2.73 bits per heavy atom. The number of hydrogen-bond donors (Lipinski definition) is 1. The molecule has 156 valence electrons. The number of carbonyl (C=O) groups is 2. The van der Waals surface area contributed by atoms with Crippen LogP contribution >= 0.6 is 0 Å². The molecule has 1 aromatic heterocycles. The molecule has 0 unspecified atom stereocenters. The predicted molar refractivity (Wildman–Crippen MR) is 111 cm³/mol. The number of carbonyl (C=O) groups excluding carboxylic acids is 2. The minimum Gasteiger partial charge on any atom is -0.336 e. The van der Waals surface area contributed by atoms with Crippen LogP contribution in [0.1, 0.15) is 41.7 Å². The zero-order valence-corrected chi connectivity index (χ0v) is 16.9. The van der Waals surface area contributed by atoms with Gasteiger partial charge in [0.1, 0.15) is 0 Å². The zero-order valence-electron chi connectivity index (χ0n) is 16.9. The molecule has 7 heteroatoms. The van der Waals surface area contributed by atoms with Gasteiger partial charge < -0.3 is 14.8 Å². The van der Waals surface area contributed by atoms with Crippen molar-refractivity contribution in [3.63, 3.8) is 0 Å². The van der Waals surface area contributed by atoms with E-state index in [9.17, 15) is 14.4 Å². The fourth-order valence-electron chi connectivity index (χ4n) is 5.71. The number of amides is 2. The number of H-pyrrole nitrogens is 1. The van der Waals surface area contributed by atoms with Crippen LogP contribution in [0.25, 0.3) is 0 Å². The van der Waals surface area contributed by atoms with Crippen LogP contribution in [0, 0.1) is 11.8 Å². The summed E-state index contributed by atoms with van der Waals surface area (Å²) in [7, 11) is 0. The summed E-state index contributed by atoms with van der Waals surface area (Å²) in [4.78, 5) is 48.7. The van der Waals surface area contributed by atoms with Crippen molar-refractivity contribution < 1.29 is 9.59 Å². The van der Waals surface area contributed by atoms with E-state index in [0.717, 1.165) is 25.7 Å². The molecule has 2 bridgehead atoms. The number of aromatic amines is 1. The first kappa shape index (κ1) is 19.0. The molecule has 3 saturated heterocycles.